The molecule has 0 bridgehead atoms. The van der Waals surface area contributed by atoms with E-state index in [-0.39, 0.29) is 0 Å². The van der Waals surface area contributed by atoms with E-state index in [1.807, 2.05) is 11.9 Å². The summed E-state index contributed by atoms with van der Waals surface area (Å²) in [6.07, 6.45) is 7.70. The fraction of sp³-hybridized carbons (Fsp3) is 0.917. The maximum Gasteiger partial charge on any atom is 0.225 e. The Balaban J connectivity index is 1.98. The minimum atomic E-state index is 0.299. The number of hydrogen-bond donors (Lipinski definition) is 1. The first-order valence-electron chi connectivity index (χ1n) is 6.11. The molecule has 0 saturated carbocycles. The zero-order valence-corrected chi connectivity index (χ0v) is 9.74. The lowest BCUT2D eigenvalue weighted by Crippen LogP contribution is -2.22. The lowest BCUT2D eigenvalue weighted by Gasteiger charge is -2.09. The van der Waals surface area contributed by atoms with Crippen LogP contribution in [0.2, 0.25) is 0 Å². The molecule has 1 unspecified atom stereocenters. The Hall–Kier alpha value is -0.570. The maximum atomic E-state index is 11.6. The molecular formula is C12H23NO2. The largest absolute Gasteiger partial charge is 0.396 e. The molecule has 3 heteroatoms. The van der Waals surface area contributed by atoms with E-state index in [2.05, 4.69) is 0 Å². The summed E-state index contributed by atoms with van der Waals surface area (Å²) in [5.74, 6) is 0.637. The van der Waals surface area contributed by atoms with Crippen LogP contribution in [-0.4, -0.2) is 36.1 Å². The van der Waals surface area contributed by atoms with Crippen LogP contribution < -0.4 is 0 Å². The van der Waals surface area contributed by atoms with Gasteiger partial charge in [0.15, 0.2) is 0 Å². The molecule has 1 aliphatic rings. The average molecular weight is 213 g/mol. The predicted octanol–water partition coefficient (Wildman–Crippen LogP) is 1.80. The Labute approximate surface area is 92.5 Å². The third-order valence-corrected chi connectivity index (χ3v) is 3.25. The third kappa shape index (κ3) is 4.20. The first-order valence-corrected chi connectivity index (χ1v) is 6.11. The van der Waals surface area contributed by atoms with Gasteiger partial charge < -0.3 is 10.0 Å². The van der Waals surface area contributed by atoms with Gasteiger partial charge in [-0.15, -0.1) is 0 Å². The number of carbonyl (C=O) groups excluding carboxylic acids is 1. The third-order valence-electron chi connectivity index (χ3n) is 3.25. The molecule has 0 aliphatic carbocycles. The van der Waals surface area contributed by atoms with E-state index >= 15 is 0 Å². The highest BCUT2D eigenvalue weighted by molar-refractivity contribution is 5.80. The van der Waals surface area contributed by atoms with Gasteiger partial charge in [0.2, 0.25) is 5.91 Å². The quantitative estimate of drug-likeness (QED) is 0.655. The van der Waals surface area contributed by atoms with Crippen LogP contribution in [0.15, 0.2) is 0 Å². The van der Waals surface area contributed by atoms with Crippen LogP contribution in [0.1, 0.15) is 44.9 Å². The summed E-state index contributed by atoms with van der Waals surface area (Å²) < 4.78 is 0. The predicted molar refractivity (Wildman–Crippen MR) is 60.5 cm³/mol. The second-order valence-electron chi connectivity index (χ2n) is 4.53. The molecule has 0 aromatic carbocycles. The summed E-state index contributed by atoms with van der Waals surface area (Å²) in [6.45, 7) is 1.25. The summed E-state index contributed by atoms with van der Waals surface area (Å²) in [4.78, 5) is 13.4. The summed E-state index contributed by atoms with van der Waals surface area (Å²) in [6, 6.07) is 0. The monoisotopic (exact) mass is 213 g/mol. The summed E-state index contributed by atoms with van der Waals surface area (Å²) in [5, 5.41) is 8.61. The number of amides is 1. The van der Waals surface area contributed by atoms with Crippen LogP contribution in [0.3, 0.4) is 0 Å². The number of aliphatic hydroxyl groups excluding tert-OH is 1. The van der Waals surface area contributed by atoms with Crippen molar-refractivity contribution >= 4 is 5.91 Å². The summed E-state index contributed by atoms with van der Waals surface area (Å²) in [5.41, 5.74) is 0. The first-order chi connectivity index (χ1) is 7.25. The van der Waals surface area contributed by atoms with Crippen molar-refractivity contribution in [2.75, 3.05) is 20.2 Å². The van der Waals surface area contributed by atoms with Gasteiger partial charge in [-0.2, -0.15) is 0 Å². The number of nitrogens with zero attached hydrogens (tertiary/aromatic N) is 1. The van der Waals surface area contributed by atoms with Gasteiger partial charge in [-0.25, -0.2) is 0 Å². The Bertz CT molecular complexity index is 194. The second kappa shape index (κ2) is 6.83. The molecule has 3 nitrogen and oxygen atoms in total. The number of likely N-dealkylation sites (tertiary alicyclic amines) is 1. The number of aliphatic hydroxyl groups is 1. The fourth-order valence-electron chi connectivity index (χ4n) is 2.20. The highest BCUT2D eigenvalue weighted by atomic mass is 16.2. The topological polar surface area (TPSA) is 40.5 Å². The summed E-state index contributed by atoms with van der Waals surface area (Å²) >= 11 is 0. The van der Waals surface area contributed by atoms with Crippen molar-refractivity contribution in [2.45, 2.75) is 44.9 Å². The van der Waals surface area contributed by atoms with Crippen LogP contribution >= 0.6 is 0 Å². The lowest BCUT2D eigenvalue weighted by molar-refractivity contribution is -0.130. The number of unbranched alkanes of at least 4 members (excludes halogenated alkanes) is 4. The molecule has 1 amide bonds. The van der Waals surface area contributed by atoms with Gasteiger partial charge in [0.05, 0.1) is 0 Å². The van der Waals surface area contributed by atoms with Crippen LogP contribution in [-0.2, 0) is 4.79 Å². The maximum absolute atomic E-state index is 11.6. The van der Waals surface area contributed by atoms with Gasteiger partial charge in [-0.3, -0.25) is 4.79 Å². The Morgan fingerprint density at radius 1 is 1.27 bits per heavy atom. The van der Waals surface area contributed by atoms with Crippen molar-refractivity contribution in [3.8, 4) is 0 Å². The minimum absolute atomic E-state index is 0.299. The highest BCUT2D eigenvalue weighted by Gasteiger charge is 2.27. The molecular weight excluding hydrogens is 190 g/mol. The SMILES string of the molecule is CN1CCC(CCCCCCCO)C1=O. The van der Waals surface area contributed by atoms with Crippen molar-refractivity contribution in [1.29, 1.82) is 0 Å². The van der Waals surface area contributed by atoms with Crippen molar-refractivity contribution in [1.82, 2.24) is 4.90 Å². The van der Waals surface area contributed by atoms with E-state index in [0.717, 1.165) is 38.6 Å². The van der Waals surface area contributed by atoms with Crippen molar-refractivity contribution < 1.29 is 9.90 Å². The van der Waals surface area contributed by atoms with Gasteiger partial charge in [-0.05, 0) is 19.3 Å². The van der Waals surface area contributed by atoms with E-state index in [1.54, 1.807) is 0 Å². The van der Waals surface area contributed by atoms with Crippen LogP contribution in [0.25, 0.3) is 0 Å². The second-order valence-corrected chi connectivity index (χ2v) is 4.53. The zero-order chi connectivity index (χ0) is 11.1. The van der Waals surface area contributed by atoms with Gasteiger partial charge in [-0.1, -0.05) is 25.7 Å². The molecule has 1 heterocycles. The molecule has 88 valence electrons. The van der Waals surface area contributed by atoms with E-state index in [0.29, 0.717) is 18.4 Å². The number of rotatable bonds is 7. The molecule has 0 aromatic rings. The van der Waals surface area contributed by atoms with E-state index in [4.69, 9.17) is 5.11 Å². The zero-order valence-electron chi connectivity index (χ0n) is 9.74. The molecule has 0 aromatic heterocycles. The van der Waals surface area contributed by atoms with Gasteiger partial charge in [0.1, 0.15) is 0 Å². The van der Waals surface area contributed by atoms with Crippen LogP contribution in [0, 0.1) is 5.92 Å². The Morgan fingerprint density at radius 3 is 2.53 bits per heavy atom. The van der Waals surface area contributed by atoms with E-state index < -0.39 is 0 Å². The first kappa shape index (κ1) is 12.5. The minimum Gasteiger partial charge on any atom is -0.396 e. The van der Waals surface area contributed by atoms with Gasteiger partial charge >= 0.3 is 0 Å². The smallest absolute Gasteiger partial charge is 0.225 e. The number of carbonyl (C=O) groups is 1. The molecule has 1 atom stereocenters. The normalized spacial score (nSPS) is 21.3. The van der Waals surface area contributed by atoms with Gasteiger partial charge in [0, 0.05) is 26.1 Å². The van der Waals surface area contributed by atoms with Crippen molar-refractivity contribution in [3.05, 3.63) is 0 Å². The average Bonchev–Trinajstić information content (AvgIpc) is 2.54. The fourth-order valence-corrected chi connectivity index (χ4v) is 2.20. The van der Waals surface area contributed by atoms with Crippen LogP contribution in [0.4, 0.5) is 0 Å². The molecule has 0 radical (unpaired) electrons. The molecule has 15 heavy (non-hydrogen) atoms. The van der Waals surface area contributed by atoms with Crippen LogP contribution in [0.5, 0.6) is 0 Å². The van der Waals surface area contributed by atoms with E-state index in [9.17, 15) is 4.79 Å². The van der Waals surface area contributed by atoms with E-state index in [1.165, 1.54) is 12.8 Å². The Kier molecular flexibility index (Phi) is 5.69. The molecule has 1 N–H and O–H groups in total. The molecule has 1 rings (SSSR count). The van der Waals surface area contributed by atoms with Gasteiger partial charge in [0.25, 0.3) is 0 Å². The molecule has 1 fully saturated rings. The molecule has 0 spiro atoms. The lowest BCUT2D eigenvalue weighted by atomic mass is 9.99. The van der Waals surface area contributed by atoms with Crippen molar-refractivity contribution in [3.63, 3.8) is 0 Å². The molecule has 1 saturated heterocycles. The number of hydrogen-bond acceptors (Lipinski definition) is 2. The molecule has 1 aliphatic heterocycles. The Morgan fingerprint density at radius 2 is 1.93 bits per heavy atom. The standard InChI is InChI=1S/C12H23NO2/c1-13-9-8-11(12(13)15)7-5-3-2-4-6-10-14/h11,14H,2-10H2,1H3. The highest BCUT2D eigenvalue weighted by Crippen LogP contribution is 2.22. The van der Waals surface area contributed by atoms with Crippen molar-refractivity contribution in [2.24, 2.45) is 5.92 Å². The summed E-state index contributed by atoms with van der Waals surface area (Å²) in [7, 11) is 1.89.